The van der Waals surface area contributed by atoms with Gasteiger partial charge in [0.1, 0.15) is 6.04 Å². The molecule has 0 aliphatic carbocycles. The zero-order chi connectivity index (χ0) is 13.8. The van der Waals surface area contributed by atoms with Crippen LogP contribution in [0.15, 0.2) is 24.3 Å². The fourth-order valence-corrected chi connectivity index (χ4v) is 2.10. The van der Waals surface area contributed by atoms with Crippen molar-refractivity contribution in [2.45, 2.75) is 18.9 Å². The number of likely N-dealkylation sites (tertiary alicyclic amines) is 1. The van der Waals surface area contributed by atoms with Gasteiger partial charge in [-0.15, -0.1) is 0 Å². The van der Waals surface area contributed by atoms with Crippen LogP contribution >= 0.6 is 0 Å². The van der Waals surface area contributed by atoms with Crippen LogP contribution in [0.1, 0.15) is 12.8 Å². The molecule has 1 fully saturated rings. The third kappa shape index (κ3) is 2.78. The van der Waals surface area contributed by atoms with E-state index in [0.29, 0.717) is 25.1 Å². The van der Waals surface area contributed by atoms with Crippen molar-refractivity contribution in [2.24, 2.45) is 0 Å². The molecule has 6 nitrogen and oxygen atoms in total. The number of carbonyl (C=O) groups excluding carboxylic acids is 1. The van der Waals surface area contributed by atoms with E-state index in [1.165, 1.54) is 12.0 Å². The number of hydrogen-bond donors (Lipinski definition) is 1. The van der Waals surface area contributed by atoms with Gasteiger partial charge in [-0.3, -0.25) is 4.90 Å². The van der Waals surface area contributed by atoms with Gasteiger partial charge in [0.05, 0.1) is 7.11 Å². The van der Waals surface area contributed by atoms with Crippen LogP contribution in [0.25, 0.3) is 0 Å². The molecule has 1 saturated heterocycles. The Hall–Kier alpha value is -2.24. The Kier molecular flexibility index (Phi) is 3.89. The van der Waals surface area contributed by atoms with Crippen molar-refractivity contribution in [3.8, 4) is 11.5 Å². The average molecular weight is 265 g/mol. The molecule has 1 atom stereocenters. The van der Waals surface area contributed by atoms with Crippen molar-refractivity contribution in [3.63, 3.8) is 0 Å². The zero-order valence-corrected chi connectivity index (χ0v) is 10.5. The molecule has 1 aliphatic rings. The topological polar surface area (TPSA) is 76.1 Å². The Balaban J connectivity index is 2.10. The second kappa shape index (κ2) is 5.60. The maximum atomic E-state index is 12.0. The molecule has 1 amide bonds. The van der Waals surface area contributed by atoms with Gasteiger partial charge < -0.3 is 14.6 Å². The molecular formula is C13H15NO5. The summed E-state index contributed by atoms with van der Waals surface area (Å²) in [5, 5.41) is 9.03. The Morgan fingerprint density at radius 1 is 1.32 bits per heavy atom. The van der Waals surface area contributed by atoms with Crippen LogP contribution in [0.2, 0.25) is 0 Å². The molecule has 0 saturated carbocycles. The number of hydrogen-bond acceptors (Lipinski definition) is 4. The van der Waals surface area contributed by atoms with Crippen molar-refractivity contribution in [1.29, 1.82) is 0 Å². The minimum atomic E-state index is -1.01. The number of amides is 1. The van der Waals surface area contributed by atoms with Gasteiger partial charge in [0.25, 0.3) is 0 Å². The lowest BCUT2D eigenvalue weighted by molar-refractivity contribution is -0.141. The predicted octanol–water partition coefficient (Wildman–Crippen LogP) is 1.74. The van der Waals surface area contributed by atoms with Crippen molar-refractivity contribution < 1.29 is 24.2 Å². The van der Waals surface area contributed by atoms with Gasteiger partial charge in [0.15, 0.2) is 11.5 Å². The number of ether oxygens (including phenoxy) is 2. The summed E-state index contributed by atoms with van der Waals surface area (Å²) >= 11 is 0. The smallest absolute Gasteiger partial charge is 0.416 e. The number of methoxy groups -OCH3 is 1. The molecule has 1 aromatic carbocycles. The Labute approximate surface area is 110 Å². The summed E-state index contributed by atoms with van der Waals surface area (Å²) in [7, 11) is 1.47. The first-order valence-electron chi connectivity index (χ1n) is 5.97. The number of nitrogens with zero attached hydrogens (tertiary/aromatic N) is 1. The minimum absolute atomic E-state index is 0.283. The first kappa shape index (κ1) is 13.2. The van der Waals surface area contributed by atoms with E-state index >= 15 is 0 Å². The fourth-order valence-electron chi connectivity index (χ4n) is 2.10. The number of rotatable bonds is 3. The third-order valence-corrected chi connectivity index (χ3v) is 3.04. The SMILES string of the molecule is COc1ccccc1OC(=O)N1CCCC1C(=O)O. The largest absolute Gasteiger partial charge is 0.493 e. The number of carboxylic acid groups (broad SMARTS) is 1. The van der Waals surface area contributed by atoms with Crippen molar-refractivity contribution >= 4 is 12.1 Å². The van der Waals surface area contributed by atoms with E-state index in [9.17, 15) is 9.59 Å². The molecule has 102 valence electrons. The van der Waals surface area contributed by atoms with E-state index < -0.39 is 18.1 Å². The number of carbonyl (C=O) groups is 2. The molecule has 1 aliphatic heterocycles. The van der Waals surface area contributed by atoms with Crippen molar-refractivity contribution in [1.82, 2.24) is 4.90 Å². The molecule has 1 N–H and O–H groups in total. The highest BCUT2D eigenvalue weighted by Crippen LogP contribution is 2.27. The second-order valence-electron chi connectivity index (χ2n) is 4.21. The molecular weight excluding hydrogens is 250 g/mol. The highest BCUT2D eigenvalue weighted by molar-refractivity contribution is 5.81. The lowest BCUT2D eigenvalue weighted by atomic mass is 10.2. The number of para-hydroxylation sites is 2. The molecule has 19 heavy (non-hydrogen) atoms. The van der Waals surface area contributed by atoms with Crippen LogP contribution in [-0.2, 0) is 4.79 Å². The summed E-state index contributed by atoms with van der Waals surface area (Å²) in [5.41, 5.74) is 0. The number of carboxylic acids is 1. The molecule has 0 spiro atoms. The molecule has 1 unspecified atom stereocenters. The molecule has 0 bridgehead atoms. The van der Waals surface area contributed by atoms with E-state index in [4.69, 9.17) is 14.6 Å². The highest BCUT2D eigenvalue weighted by atomic mass is 16.6. The quantitative estimate of drug-likeness (QED) is 0.900. The highest BCUT2D eigenvalue weighted by Gasteiger charge is 2.35. The van der Waals surface area contributed by atoms with Crippen LogP contribution in [0.5, 0.6) is 11.5 Å². The summed E-state index contributed by atoms with van der Waals surface area (Å²) in [6, 6.07) is 5.93. The zero-order valence-electron chi connectivity index (χ0n) is 10.5. The van der Waals surface area contributed by atoms with Gasteiger partial charge in [-0.2, -0.15) is 0 Å². The van der Waals surface area contributed by atoms with Crippen molar-refractivity contribution in [2.75, 3.05) is 13.7 Å². The van der Waals surface area contributed by atoms with Crippen LogP contribution in [0.4, 0.5) is 4.79 Å². The third-order valence-electron chi connectivity index (χ3n) is 3.04. The first-order chi connectivity index (χ1) is 9.13. The van der Waals surface area contributed by atoms with Crippen molar-refractivity contribution in [3.05, 3.63) is 24.3 Å². The first-order valence-corrected chi connectivity index (χ1v) is 5.97. The van der Waals surface area contributed by atoms with Gasteiger partial charge in [-0.1, -0.05) is 12.1 Å². The van der Waals surface area contributed by atoms with Gasteiger partial charge in [-0.05, 0) is 25.0 Å². The van der Waals surface area contributed by atoms with E-state index in [2.05, 4.69) is 0 Å². The normalized spacial score (nSPS) is 18.2. The maximum absolute atomic E-state index is 12.0. The minimum Gasteiger partial charge on any atom is -0.493 e. The maximum Gasteiger partial charge on any atom is 0.416 e. The summed E-state index contributed by atoms with van der Waals surface area (Å²) in [5.74, 6) is -0.289. The molecule has 2 rings (SSSR count). The van der Waals surface area contributed by atoms with Crippen LogP contribution < -0.4 is 9.47 Å². The summed E-state index contributed by atoms with van der Waals surface area (Å²) < 4.78 is 10.3. The molecule has 0 aromatic heterocycles. The lowest BCUT2D eigenvalue weighted by Gasteiger charge is -2.21. The Morgan fingerprint density at radius 2 is 2.00 bits per heavy atom. The fraction of sp³-hybridized carbons (Fsp3) is 0.385. The Morgan fingerprint density at radius 3 is 2.63 bits per heavy atom. The summed E-state index contributed by atoms with van der Waals surface area (Å²) in [6.45, 7) is 0.394. The second-order valence-corrected chi connectivity index (χ2v) is 4.21. The Bertz CT molecular complexity index is 488. The van der Waals surface area contributed by atoms with Gasteiger partial charge in [-0.25, -0.2) is 9.59 Å². The average Bonchev–Trinajstić information content (AvgIpc) is 2.88. The monoisotopic (exact) mass is 265 g/mol. The van der Waals surface area contributed by atoms with E-state index in [1.54, 1.807) is 24.3 Å². The van der Waals surface area contributed by atoms with Gasteiger partial charge in [0, 0.05) is 6.54 Å². The standard InChI is InChI=1S/C13H15NO5/c1-18-10-6-2-3-7-11(10)19-13(17)14-8-4-5-9(14)12(15)16/h2-3,6-7,9H,4-5,8H2,1H3,(H,15,16). The summed E-state index contributed by atoms with van der Waals surface area (Å²) in [4.78, 5) is 24.2. The molecule has 6 heteroatoms. The van der Waals surface area contributed by atoms with Gasteiger partial charge in [0.2, 0.25) is 0 Å². The van der Waals surface area contributed by atoms with Gasteiger partial charge >= 0.3 is 12.1 Å². The van der Waals surface area contributed by atoms with Crippen LogP contribution in [0.3, 0.4) is 0 Å². The molecule has 1 heterocycles. The van der Waals surface area contributed by atoms with E-state index in [-0.39, 0.29) is 5.75 Å². The number of aliphatic carboxylic acids is 1. The van der Waals surface area contributed by atoms with Crippen LogP contribution in [-0.4, -0.2) is 41.8 Å². The lowest BCUT2D eigenvalue weighted by Crippen LogP contribution is -2.42. The van der Waals surface area contributed by atoms with E-state index in [0.717, 1.165) is 0 Å². The summed E-state index contributed by atoms with van der Waals surface area (Å²) in [6.07, 6.45) is 0.461. The number of benzene rings is 1. The predicted molar refractivity (Wildman–Crippen MR) is 66.4 cm³/mol. The molecule has 1 aromatic rings. The molecule has 0 radical (unpaired) electrons. The van der Waals surface area contributed by atoms with Crippen LogP contribution in [0, 0.1) is 0 Å². The van der Waals surface area contributed by atoms with E-state index in [1.807, 2.05) is 0 Å².